The lowest BCUT2D eigenvalue weighted by molar-refractivity contribution is -0.120. The maximum absolute atomic E-state index is 11.6. The van der Waals surface area contributed by atoms with E-state index in [1.165, 1.54) is 0 Å². The molecule has 0 radical (unpaired) electrons. The molecule has 0 bridgehead atoms. The average Bonchev–Trinajstić information content (AvgIpc) is 2.59. The molecule has 0 atom stereocenters. The molecule has 1 aromatic carbocycles. The Morgan fingerprint density at radius 3 is 2.50 bits per heavy atom. The summed E-state index contributed by atoms with van der Waals surface area (Å²) in [5.41, 5.74) is 0.822. The average molecular weight is 336 g/mol. The van der Waals surface area contributed by atoms with Gasteiger partial charge < -0.3 is 25.4 Å². The molecule has 7 heteroatoms. The SMILES string of the molecule is CCCNC(=O)CCN=C(NCC)Nc1ccc(OC)c(OC)c1. The second-order valence-corrected chi connectivity index (χ2v) is 5.06. The molecule has 1 amide bonds. The van der Waals surface area contributed by atoms with Gasteiger partial charge in [0.15, 0.2) is 17.5 Å². The van der Waals surface area contributed by atoms with Gasteiger partial charge in [-0.15, -0.1) is 0 Å². The van der Waals surface area contributed by atoms with E-state index in [0.717, 1.165) is 18.7 Å². The number of amides is 1. The Kier molecular flexibility index (Phi) is 9.11. The second-order valence-electron chi connectivity index (χ2n) is 5.06. The Bertz CT molecular complexity index is 547. The first-order valence-corrected chi connectivity index (χ1v) is 8.18. The topological polar surface area (TPSA) is 84.0 Å². The molecular weight excluding hydrogens is 308 g/mol. The Morgan fingerprint density at radius 2 is 1.88 bits per heavy atom. The fourth-order valence-corrected chi connectivity index (χ4v) is 1.98. The number of benzene rings is 1. The van der Waals surface area contributed by atoms with E-state index in [-0.39, 0.29) is 5.91 Å². The van der Waals surface area contributed by atoms with Crippen molar-refractivity contribution >= 4 is 17.6 Å². The summed E-state index contributed by atoms with van der Waals surface area (Å²) in [7, 11) is 3.19. The molecule has 0 aromatic heterocycles. The van der Waals surface area contributed by atoms with Crippen molar-refractivity contribution in [2.24, 2.45) is 4.99 Å². The predicted molar refractivity (Wildman–Crippen MR) is 97.1 cm³/mol. The van der Waals surface area contributed by atoms with Gasteiger partial charge in [-0.2, -0.15) is 0 Å². The summed E-state index contributed by atoms with van der Waals surface area (Å²) in [5, 5.41) is 9.18. The quantitative estimate of drug-likeness (QED) is 0.474. The van der Waals surface area contributed by atoms with Crippen molar-refractivity contribution in [2.75, 3.05) is 39.2 Å². The standard InChI is InChI=1S/C17H28N4O3/c1-5-10-19-16(22)9-11-20-17(18-6-2)21-13-7-8-14(23-3)15(12-13)24-4/h7-8,12H,5-6,9-11H2,1-4H3,(H,19,22)(H2,18,20,21). The normalized spacial score (nSPS) is 10.9. The van der Waals surface area contributed by atoms with Crippen molar-refractivity contribution in [1.29, 1.82) is 0 Å². The molecule has 1 aromatic rings. The number of hydrogen-bond acceptors (Lipinski definition) is 4. The summed E-state index contributed by atoms with van der Waals surface area (Å²) in [6, 6.07) is 5.53. The first kappa shape index (κ1) is 19.6. The Morgan fingerprint density at radius 1 is 1.12 bits per heavy atom. The van der Waals surface area contributed by atoms with Crippen LogP contribution in [-0.2, 0) is 4.79 Å². The van der Waals surface area contributed by atoms with Crippen molar-refractivity contribution in [2.45, 2.75) is 26.7 Å². The molecule has 1 rings (SSSR count). The molecule has 134 valence electrons. The molecule has 0 aliphatic rings. The van der Waals surface area contributed by atoms with Gasteiger partial charge in [0.25, 0.3) is 0 Å². The number of carbonyl (C=O) groups excluding carboxylic acids is 1. The van der Waals surface area contributed by atoms with Gasteiger partial charge in [0.1, 0.15) is 0 Å². The van der Waals surface area contributed by atoms with Crippen molar-refractivity contribution in [3.05, 3.63) is 18.2 Å². The first-order valence-electron chi connectivity index (χ1n) is 8.18. The summed E-state index contributed by atoms with van der Waals surface area (Å²) in [6.45, 7) is 5.85. The van der Waals surface area contributed by atoms with Crippen LogP contribution in [0.4, 0.5) is 5.69 Å². The monoisotopic (exact) mass is 336 g/mol. The van der Waals surface area contributed by atoms with Gasteiger partial charge in [0.2, 0.25) is 5.91 Å². The predicted octanol–water partition coefficient (Wildman–Crippen LogP) is 2.00. The number of aliphatic imine (C=N–C) groups is 1. The molecule has 0 saturated carbocycles. The van der Waals surface area contributed by atoms with E-state index in [9.17, 15) is 4.79 Å². The van der Waals surface area contributed by atoms with E-state index in [4.69, 9.17) is 9.47 Å². The highest BCUT2D eigenvalue weighted by atomic mass is 16.5. The fraction of sp³-hybridized carbons (Fsp3) is 0.529. The van der Waals surface area contributed by atoms with Crippen LogP contribution in [0.25, 0.3) is 0 Å². The zero-order chi connectivity index (χ0) is 17.8. The number of anilines is 1. The highest BCUT2D eigenvalue weighted by Gasteiger charge is 2.06. The lowest BCUT2D eigenvalue weighted by atomic mass is 10.2. The Balaban J connectivity index is 2.68. The zero-order valence-corrected chi connectivity index (χ0v) is 14.9. The minimum absolute atomic E-state index is 0.0163. The molecule has 0 heterocycles. The maximum atomic E-state index is 11.6. The largest absolute Gasteiger partial charge is 0.493 e. The van der Waals surface area contributed by atoms with Crippen LogP contribution in [0.2, 0.25) is 0 Å². The van der Waals surface area contributed by atoms with Gasteiger partial charge in [-0.05, 0) is 25.5 Å². The van der Waals surface area contributed by atoms with Crippen molar-refractivity contribution < 1.29 is 14.3 Å². The number of ether oxygens (including phenoxy) is 2. The minimum Gasteiger partial charge on any atom is -0.493 e. The van der Waals surface area contributed by atoms with E-state index in [1.807, 2.05) is 32.0 Å². The number of hydrogen-bond donors (Lipinski definition) is 3. The highest BCUT2D eigenvalue weighted by Crippen LogP contribution is 2.29. The van der Waals surface area contributed by atoms with Gasteiger partial charge in [-0.25, -0.2) is 0 Å². The van der Waals surface area contributed by atoms with Crippen LogP contribution in [0.5, 0.6) is 11.5 Å². The number of rotatable bonds is 9. The Hall–Kier alpha value is -2.44. The highest BCUT2D eigenvalue weighted by molar-refractivity contribution is 5.94. The lowest BCUT2D eigenvalue weighted by Gasteiger charge is -2.13. The molecule has 0 aliphatic carbocycles. The summed E-state index contributed by atoms with van der Waals surface area (Å²) < 4.78 is 10.5. The van der Waals surface area contributed by atoms with Crippen LogP contribution in [-0.4, -0.2) is 45.7 Å². The Labute approximate surface area is 143 Å². The molecule has 0 spiro atoms. The van der Waals surface area contributed by atoms with E-state index in [0.29, 0.717) is 37.0 Å². The number of methoxy groups -OCH3 is 2. The van der Waals surface area contributed by atoms with E-state index < -0.39 is 0 Å². The van der Waals surface area contributed by atoms with Crippen LogP contribution >= 0.6 is 0 Å². The van der Waals surface area contributed by atoms with Crippen LogP contribution in [0.1, 0.15) is 26.7 Å². The van der Waals surface area contributed by atoms with Crippen molar-refractivity contribution in [3.63, 3.8) is 0 Å². The third-order valence-electron chi connectivity index (χ3n) is 3.17. The third kappa shape index (κ3) is 6.76. The van der Waals surface area contributed by atoms with Gasteiger partial charge in [-0.3, -0.25) is 9.79 Å². The molecule has 3 N–H and O–H groups in total. The molecule has 7 nitrogen and oxygen atoms in total. The molecule has 24 heavy (non-hydrogen) atoms. The van der Waals surface area contributed by atoms with Crippen LogP contribution in [0, 0.1) is 0 Å². The fourth-order valence-electron chi connectivity index (χ4n) is 1.98. The van der Waals surface area contributed by atoms with Gasteiger partial charge in [0.05, 0.1) is 20.8 Å². The third-order valence-corrected chi connectivity index (χ3v) is 3.17. The lowest BCUT2D eigenvalue weighted by Crippen LogP contribution is -2.31. The van der Waals surface area contributed by atoms with Crippen LogP contribution in [0.15, 0.2) is 23.2 Å². The second kappa shape index (κ2) is 11.2. The van der Waals surface area contributed by atoms with Gasteiger partial charge in [-0.1, -0.05) is 6.92 Å². The van der Waals surface area contributed by atoms with E-state index >= 15 is 0 Å². The summed E-state index contributed by atoms with van der Waals surface area (Å²) in [6.07, 6.45) is 1.29. The summed E-state index contributed by atoms with van der Waals surface area (Å²) in [4.78, 5) is 16.0. The number of nitrogens with zero attached hydrogens (tertiary/aromatic N) is 1. The molecule has 0 unspecified atom stereocenters. The van der Waals surface area contributed by atoms with Gasteiger partial charge >= 0.3 is 0 Å². The molecular formula is C17H28N4O3. The van der Waals surface area contributed by atoms with E-state index in [2.05, 4.69) is 20.9 Å². The van der Waals surface area contributed by atoms with E-state index in [1.54, 1.807) is 14.2 Å². The number of guanidine groups is 1. The maximum Gasteiger partial charge on any atom is 0.221 e. The molecule has 0 aliphatic heterocycles. The van der Waals surface area contributed by atoms with Gasteiger partial charge in [0, 0.05) is 31.3 Å². The minimum atomic E-state index is 0.0163. The number of nitrogens with one attached hydrogen (secondary N) is 3. The molecule has 0 fully saturated rings. The van der Waals surface area contributed by atoms with Crippen molar-refractivity contribution in [3.8, 4) is 11.5 Å². The summed E-state index contributed by atoms with van der Waals surface area (Å²) in [5.74, 6) is 1.94. The first-order chi connectivity index (χ1) is 11.6. The van der Waals surface area contributed by atoms with Crippen LogP contribution in [0.3, 0.4) is 0 Å². The number of carbonyl (C=O) groups is 1. The summed E-state index contributed by atoms with van der Waals surface area (Å²) >= 11 is 0. The molecule has 0 saturated heterocycles. The smallest absolute Gasteiger partial charge is 0.221 e. The zero-order valence-electron chi connectivity index (χ0n) is 14.9. The van der Waals surface area contributed by atoms with Crippen LogP contribution < -0.4 is 25.4 Å². The van der Waals surface area contributed by atoms with Crippen molar-refractivity contribution in [1.82, 2.24) is 10.6 Å².